The number of imide groups is 1. The van der Waals surface area contributed by atoms with Crippen LogP contribution in [0.3, 0.4) is 0 Å². The fourth-order valence-electron chi connectivity index (χ4n) is 3.27. The van der Waals surface area contributed by atoms with Crippen LogP contribution in [0.15, 0.2) is 63.3 Å². The van der Waals surface area contributed by atoms with Gasteiger partial charge >= 0.3 is 12.2 Å². The van der Waals surface area contributed by atoms with Crippen LogP contribution < -0.4 is 5.73 Å². The average Bonchev–Trinajstić information content (AvgIpc) is 3.21. The lowest BCUT2D eigenvalue weighted by Crippen LogP contribution is -2.42. The molecule has 0 aromatic rings. The molecule has 1 aliphatic heterocycles. The van der Waals surface area contributed by atoms with Gasteiger partial charge in [0.1, 0.15) is 22.8 Å². The molecule has 0 bridgehead atoms. The van der Waals surface area contributed by atoms with E-state index in [0.717, 1.165) is 45.9 Å². The summed E-state index contributed by atoms with van der Waals surface area (Å²) in [5.74, 6) is 0.879. The third-order valence-electron chi connectivity index (χ3n) is 4.84. The van der Waals surface area contributed by atoms with Crippen LogP contribution in [-0.4, -0.2) is 41.1 Å². The van der Waals surface area contributed by atoms with Crippen molar-refractivity contribution in [3.05, 3.63) is 58.3 Å². The second-order valence-corrected chi connectivity index (χ2v) is 10.7. The lowest BCUT2D eigenvalue weighted by Gasteiger charge is -2.28. The Balaban J connectivity index is 3.49. The van der Waals surface area contributed by atoms with E-state index in [1.54, 1.807) is 59.9 Å². The summed E-state index contributed by atoms with van der Waals surface area (Å²) in [5, 5.41) is 0. The fraction of sp³-hybridized carbons (Fsp3) is 0.552. The van der Waals surface area contributed by atoms with Crippen molar-refractivity contribution in [1.29, 1.82) is 0 Å². The van der Waals surface area contributed by atoms with Crippen molar-refractivity contribution in [2.45, 2.75) is 99.7 Å². The Morgan fingerprint density at radius 1 is 1.03 bits per heavy atom. The molecule has 0 spiro atoms. The fourth-order valence-corrected chi connectivity index (χ4v) is 3.27. The second-order valence-electron chi connectivity index (χ2n) is 10.7. The SMILES string of the molecule is CC\C=C(\N=C/C=C(C)/C(/C=C/CC)=C1\OCC\C1=C(\C)N)N(C(=O)OC(C)(C)C)C(=O)OC(C)(C)C. The van der Waals surface area contributed by atoms with Crippen LogP contribution in [0.1, 0.15) is 88.5 Å². The molecular formula is C29H45N3O5. The molecule has 1 saturated heterocycles. The van der Waals surface area contributed by atoms with Gasteiger partial charge < -0.3 is 19.9 Å². The van der Waals surface area contributed by atoms with Crippen LogP contribution in [-0.2, 0) is 14.2 Å². The van der Waals surface area contributed by atoms with E-state index in [4.69, 9.17) is 19.9 Å². The highest BCUT2D eigenvalue weighted by Crippen LogP contribution is 2.32. The molecule has 0 unspecified atom stereocenters. The molecule has 206 valence electrons. The number of hydrogen-bond acceptors (Lipinski definition) is 7. The second kappa shape index (κ2) is 13.9. The summed E-state index contributed by atoms with van der Waals surface area (Å²) < 4.78 is 16.9. The Morgan fingerprint density at radius 3 is 2.05 bits per heavy atom. The van der Waals surface area contributed by atoms with E-state index in [9.17, 15) is 9.59 Å². The molecule has 1 aliphatic rings. The Labute approximate surface area is 222 Å². The number of aliphatic imine (C=N–C) groups is 1. The number of allylic oxidation sites excluding steroid dienone is 8. The Bertz CT molecular complexity index is 983. The first kappa shape index (κ1) is 31.7. The van der Waals surface area contributed by atoms with Crippen LogP contribution in [0.4, 0.5) is 9.59 Å². The maximum atomic E-state index is 13.0. The first-order chi connectivity index (χ1) is 17.1. The van der Waals surface area contributed by atoms with Gasteiger partial charge in [-0.3, -0.25) is 0 Å². The van der Waals surface area contributed by atoms with Gasteiger partial charge in [0.2, 0.25) is 0 Å². The van der Waals surface area contributed by atoms with Crippen molar-refractivity contribution in [3.8, 4) is 0 Å². The molecule has 0 radical (unpaired) electrons. The molecule has 8 heteroatoms. The lowest BCUT2D eigenvalue weighted by molar-refractivity contribution is 0.00807. The van der Waals surface area contributed by atoms with E-state index in [-0.39, 0.29) is 5.82 Å². The molecule has 0 atom stereocenters. The molecule has 1 fully saturated rings. The minimum absolute atomic E-state index is 0.115. The number of carbonyl (C=O) groups is 2. The van der Waals surface area contributed by atoms with Crippen LogP contribution in [0.2, 0.25) is 0 Å². The number of ether oxygens (including phenoxy) is 3. The molecule has 2 N–H and O–H groups in total. The molecule has 0 aliphatic carbocycles. The third kappa shape index (κ3) is 10.7. The number of rotatable bonds is 7. The molecule has 0 aromatic heterocycles. The normalized spacial score (nSPS) is 18.2. The smallest absolute Gasteiger partial charge is 0.425 e. The molecule has 2 amide bonds. The number of carbonyl (C=O) groups excluding carboxylic acids is 2. The number of nitrogens with two attached hydrogens (primary N) is 1. The number of hydrogen-bond donors (Lipinski definition) is 1. The molecule has 1 heterocycles. The van der Waals surface area contributed by atoms with Gasteiger partial charge in [-0.25, -0.2) is 14.6 Å². The van der Waals surface area contributed by atoms with E-state index in [1.165, 1.54) is 0 Å². The summed E-state index contributed by atoms with van der Waals surface area (Å²) in [7, 11) is 0. The van der Waals surface area contributed by atoms with Gasteiger partial charge in [-0.15, -0.1) is 0 Å². The minimum atomic E-state index is -0.861. The Morgan fingerprint density at radius 2 is 1.59 bits per heavy atom. The Kier molecular flexibility index (Phi) is 11.9. The zero-order valence-corrected chi connectivity index (χ0v) is 24.2. The molecular weight excluding hydrogens is 470 g/mol. The standard InChI is InChI=1S/C29H45N3O5/c1-11-13-15-22(25-23(21(4)30)17-19-35-25)20(3)16-18-31-24(14-12-2)32(26(33)36-28(5,6)7)27(34)37-29(8,9)10/h13-16,18H,11-12,17,19,30H2,1-10H3/b15-13+,20-16+,23-21+,24-14-,25-22-,31-18-. The predicted octanol–water partition coefficient (Wildman–Crippen LogP) is 7.30. The van der Waals surface area contributed by atoms with Crippen molar-refractivity contribution in [3.63, 3.8) is 0 Å². The molecule has 37 heavy (non-hydrogen) atoms. The summed E-state index contributed by atoms with van der Waals surface area (Å²) in [6, 6.07) is 0. The van der Waals surface area contributed by atoms with Crippen molar-refractivity contribution in [2.24, 2.45) is 10.7 Å². The largest absolute Gasteiger partial charge is 0.492 e. The van der Waals surface area contributed by atoms with Gasteiger partial charge in [-0.1, -0.05) is 26.0 Å². The average molecular weight is 516 g/mol. The molecule has 0 saturated carbocycles. The summed E-state index contributed by atoms with van der Waals surface area (Å²) >= 11 is 0. The molecule has 8 nitrogen and oxygen atoms in total. The van der Waals surface area contributed by atoms with Gasteiger partial charge in [0.05, 0.1) is 6.61 Å². The van der Waals surface area contributed by atoms with E-state index in [0.29, 0.717) is 13.0 Å². The highest BCUT2D eigenvalue weighted by molar-refractivity contribution is 5.91. The summed E-state index contributed by atoms with van der Waals surface area (Å²) in [6.07, 6.45) is 9.52. The Hall–Kier alpha value is -3.29. The van der Waals surface area contributed by atoms with Crippen molar-refractivity contribution in [2.75, 3.05) is 6.61 Å². The van der Waals surface area contributed by atoms with E-state index in [2.05, 4.69) is 18.0 Å². The van der Waals surface area contributed by atoms with Crippen molar-refractivity contribution >= 4 is 18.4 Å². The van der Waals surface area contributed by atoms with Crippen molar-refractivity contribution < 1.29 is 23.8 Å². The van der Waals surface area contributed by atoms with Crippen molar-refractivity contribution in [1.82, 2.24) is 4.90 Å². The summed E-state index contributed by atoms with van der Waals surface area (Å²) in [4.78, 5) is 31.3. The lowest BCUT2D eigenvalue weighted by atomic mass is 10.00. The van der Waals surface area contributed by atoms with Gasteiger partial charge in [0, 0.05) is 29.5 Å². The minimum Gasteiger partial charge on any atom is -0.492 e. The van der Waals surface area contributed by atoms with Crippen LogP contribution >= 0.6 is 0 Å². The monoisotopic (exact) mass is 515 g/mol. The summed E-state index contributed by atoms with van der Waals surface area (Å²) in [5.41, 5.74) is 8.00. The van der Waals surface area contributed by atoms with Gasteiger partial charge in [-0.2, -0.15) is 4.90 Å². The highest BCUT2D eigenvalue weighted by atomic mass is 16.6. The topological polar surface area (TPSA) is 103 Å². The summed E-state index contributed by atoms with van der Waals surface area (Å²) in [6.45, 7) is 18.7. The number of amides is 2. The first-order valence-corrected chi connectivity index (χ1v) is 12.8. The van der Waals surface area contributed by atoms with E-state index in [1.807, 2.05) is 26.8 Å². The molecule has 1 rings (SSSR count). The van der Waals surface area contributed by atoms with Crippen LogP contribution in [0, 0.1) is 0 Å². The van der Waals surface area contributed by atoms with Gasteiger partial charge in [0.15, 0.2) is 0 Å². The quantitative estimate of drug-likeness (QED) is 0.357. The van der Waals surface area contributed by atoms with E-state index < -0.39 is 23.4 Å². The maximum Gasteiger partial charge on any atom is 0.425 e. The maximum absolute atomic E-state index is 13.0. The van der Waals surface area contributed by atoms with E-state index >= 15 is 0 Å². The first-order valence-electron chi connectivity index (χ1n) is 12.8. The zero-order chi connectivity index (χ0) is 28.4. The highest BCUT2D eigenvalue weighted by Gasteiger charge is 2.33. The number of nitrogens with zero attached hydrogens (tertiary/aromatic N) is 2. The van der Waals surface area contributed by atoms with Gasteiger partial charge in [0.25, 0.3) is 0 Å². The predicted molar refractivity (Wildman–Crippen MR) is 149 cm³/mol. The van der Waals surface area contributed by atoms with Gasteiger partial charge in [-0.05, 0) is 86.0 Å². The zero-order valence-electron chi connectivity index (χ0n) is 24.2. The van der Waals surface area contributed by atoms with Crippen LogP contribution in [0.25, 0.3) is 0 Å². The third-order valence-corrected chi connectivity index (χ3v) is 4.84. The molecule has 0 aromatic carbocycles. The van der Waals surface area contributed by atoms with Crippen LogP contribution in [0.5, 0.6) is 0 Å².